The summed E-state index contributed by atoms with van der Waals surface area (Å²) in [5, 5.41) is 4.05. The number of thiophene rings is 1. The minimum atomic E-state index is -0.258. The highest BCUT2D eigenvalue weighted by atomic mass is 32.1. The first-order valence-corrected chi connectivity index (χ1v) is 10.8. The second kappa shape index (κ2) is 8.34. The second-order valence-corrected chi connectivity index (χ2v) is 8.59. The maximum Gasteiger partial charge on any atom is 0.254 e. The Kier molecular flexibility index (Phi) is 5.67. The minimum absolute atomic E-state index is 0.0348. The Morgan fingerprint density at radius 3 is 2.59 bits per heavy atom. The maximum absolute atomic E-state index is 13.1. The number of halogens is 1. The number of carbonyl (C=O) groups excluding carboxylic acids is 1. The van der Waals surface area contributed by atoms with Crippen molar-refractivity contribution in [3.05, 3.63) is 51.7 Å². The third-order valence-electron chi connectivity index (χ3n) is 5.52. The number of aryl methyl sites for hydroxylation is 1. The van der Waals surface area contributed by atoms with Crippen LogP contribution in [-0.4, -0.2) is 18.2 Å². The molecule has 0 aliphatic heterocycles. The Balaban J connectivity index is 1.61. The molecule has 0 saturated heterocycles. The topological polar surface area (TPSA) is 41.5 Å². The Morgan fingerprint density at radius 1 is 1.07 bits per heavy atom. The zero-order chi connectivity index (χ0) is 18.6. The normalized spacial score (nSPS) is 17.8. The molecule has 0 atom stereocenters. The summed E-state index contributed by atoms with van der Waals surface area (Å²) < 4.78 is 13.1. The quantitative estimate of drug-likeness (QED) is 0.687. The maximum atomic E-state index is 13.1. The number of hydrogen-bond donors (Lipinski definition) is 1. The van der Waals surface area contributed by atoms with E-state index in [9.17, 15) is 9.18 Å². The molecule has 2 aliphatic rings. The van der Waals surface area contributed by atoms with Crippen molar-refractivity contribution < 1.29 is 9.18 Å². The van der Waals surface area contributed by atoms with Crippen LogP contribution in [0.4, 0.5) is 9.39 Å². The van der Waals surface area contributed by atoms with Crippen molar-refractivity contribution in [2.75, 3.05) is 0 Å². The van der Waals surface area contributed by atoms with Gasteiger partial charge in [-0.3, -0.25) is 4.79 Å². The molecular formula is C22H25FN2OS. The van der Waals surface area contributed by atoms with Crippen molar-refractivity contribution in [2.24, 2.45) is 4.99 Å². The molecule has 2 aliphatic carbocycles. The monoisotopic (exact) mass is 384 g/mol. The van der Waals surface area contributed by atoms with Crippen LogP contribution in [0.3, 0.4) is 0 Å². The van der Waals surface area contributed by atoms with E-state index in [0.717, 1.165) is 48.2 Å². The van der Waals surface area contributed by atoms with Gasteiger partial charge in [0.2, 0.25) is 0 Å². The number of benzene rings is 1. The average molecular weight is 385 g/mol. The predicted octanol–water partition coefficient (Wildman–Crippen LogP) is 5.58. The van der Waals surface area contributed by atoms with Crippen LogP contribution in [0.5, 0.6) is 0 Å². The highest BCUT2D eigenvalue weighted by Gasteiger charge is 2.27. The molecule has 2 aromatic rings. The Morgan fingerprint density at radius 2 is 1.81 bits per heavy atom. The van der Waals surface area contributed by atoms with Gasteiger partial charge in [0.05, 0.1) is 5.56 Å². The van der Waals surface area contributed by atoms with Gasteiger partial charge in [-0.1, -0.05) is 31.4 Å². The summed E-state index contributed by atoms with van der Waals surface area (Å²) >= 11 is 1.64. The van der Waals surface area contributed by atoms with Crippen molar-refractivity contribution >= 4 is 28.5 Å². The van der Waals surface area contributed by atoms with E-state index in [2.05, 4.69) is 10.3 Å². The van der Waals surface area contributed by atoms with E-state index in [-0.39, 0.29) is 11.7 Å². The summed E-state index contributed by atoms with van der Waals surface area (Å²) in [6.07, 6.45) is 11.9. The molecule has 4 rings (SSSR count). The summed E-state index contributed by atoms with van der Waals surface area (Å²) in [4.78, 5) is 19.0. The molecule has 1 heterocycles. The first kappa shape index (κ1) is 18.4. The molecule has 3 nitrogen and oxygen atoms in total. The van der Waals surface area contributed by atoms with Crippen LogP contribution in [-0.2, 0) is 12.8 Å². The predicted molar refractivity (Wildman–Crippen MR) is 109 cm³/mol. The van der Waals surface area contributed by atoms with Gasteiger partial charge in [-0.05, 0) is 61.8 Å². The van der Waals surface area contributed by atoms with Crippen molar-refractivity contribution in [3.8, 4) is 0 Å². The van der Waals surface area contributed by atoms with Crippen LogP contribution in [0.25, 0.3) is 0 Å². The molecule has 1 fully saturated rings. The van der Waals surface area contributed by atoms with Crippen LogP contribution in [0.15, 0.2) is 29.3 Å². The van der Waals surface area contributed by atoms with Crippen molar-refractivity contribution in [2.45, 2.75) is 63.8 Å². The first-order valence-electron chi connectivity index (χ1n) is 9.96. The van der Waals surface area contributed by atoms with E-state index >= 15 is 0 Å². The van der Waals surface area contributed by atoms with Crippen LogP contribution in [0.2, 0.25) is 0 Å². The van der Waals surface area contributed by atoms with Crippen molar-refractivity contribution in [1.29, 1.82) is 0 Å². The number of nitrogens with zero attached hydrogens (tertiary/aromatic N) is 1. The molecule has 5 heteroatoms. The molecule has 27 heavy (non-hydrogen) atoms. The fourth-order valence-electron chi connectivity index (χ4n) is 4.06. The SMILES string of the molecule is O=C(NC1CCCCC1)c1c(N=Cc2ccc(F)cc2)sc2c1CCCC2. The number of carbonyl (C=O) groups is 1. The van der Waals surface area contributed by atoms with E-state index in [1.54, 1.807) is 29.7 Å². The zero-order valence-corrected chi connectivity index (χ0v) is 16.3. The fraction of sp³-hybridized carbons (Fsp3) is 0.455. The van der Waals surface area contributed by atoms with E-state index in [1.165, 1.54) is 48.3 Å². The molecule has 142 valence electrons. The smallest absolute Gasteiger partial charge is 0.254 e. The summed E-state index contributed by atoms with van der Waals surface area (Å²) in [6.45, 7) is 0. The lowest BCUT2D eigenvalue weighted by Gasteiger charge is -2.23. The van der Waals surface area contributed by atoms with Crippen LogP contribution < -0.4 is 5.32 Å². The standard InChI is InChI=1S/C22H25FN2OS/c23-16-12-10-15(11-13-16)14-24-22-20(18-8-4-5-9-19(18)27-22)21(26)25-17-6-2-1-3-7-17/h10-14,17H,1-9H2,(H,25,26). The van der Waals surface area contributed by atoms with Crippen LogP contribution in [0, 0.1) is 5.82 Å². The highest BCUT2D eigenvalue weighted by Crippen LogP contribution is 2.40. The number of aliphatic imine (C=N–C) groups is 1. The van der Waals surface area contributed by atoms with Gasteiger partial charge >= 0.3 is 0 Å². The van der Waals surface area contributed by atoms with Crippen LogP contribution in [0.1, 0.15) is 71.3 Å². The molecule has 0 bridgehead atoms. The van der Waals surface area contributed by atoms with Crippen molar-refractivity contribution in [1.82, 2.24) is 5.32 Å². The lowest BCUT2D eigenvalue weighted by molar-refractivity contribution is 0.0927. The molecule has 1 aromatic heterocycles. The second-order valence-electron chi connectivity index (χ2n) is 7.51. The van der Waals surface area contributed by atoms with Gasteiger partial charge in [0, 0.05) is 17.1 Å². The largest absolute Gasteiger partial charge is 0.349 e. The van der Waals surface area contributed by atoms with Crippen molar-refractivity contribution in [3.63, 3.8) is 0 Å². The van der Waals surface area contributed by atoms with Gasteiger partial charge in [0.15, 0.2) is 0 Å². The van der Waals surface area contributed by atoms with Gasteiger partial charge in [-0.2, -0.15) is 0 Å². The van der Waals surface area contributed by atoms with Crippen LogP contribution >= 0.6 is 11.3 Å². The zero-order valence-electron chi connectivity index (χ0n) is 15.5. The first-order chi connectivity index (χ1) is 13.2. The van der Waals surface area contributed by atoms with Gasteiger partial charge < -0.3 is 5.32 Å². The van der Waals surface area contributed by atoms with E-state index in [1.807, 2.05) is 0 Å². The van der Waals surface area contributed by atoms with Gasteiger partial charge in [0.1, 0.15) is 10.8 Å². The molecule has 0 radical (unpaired) electrons. The van der Waals surface area contributed by atoms with E-state index < -0.39 is 0 Å². The fourth-order valence-corrected chi connectivity index (χ4v) is 5.29. The summed E-state index contributed by atoms with van der Waals surface area (Å²) in [6, 6.07) is 6.55. The lowest BCUT2D eigenvalue weighted by Crippen LogP contribution is -2.36. The molecule has 1 amide bonds. The summed E-state index contributed by atoms with van der Waals surface area (Å²) in [7, 11) is 0. The number of rotatable bonds is 4. The Labute approximate surface area is 163 Å². The number of nitrogens with one attached hydrogen (secondary N) is 1. The van der Waals surface area contributed by atoms with Gasteiger partial charge in [-0.25, -0.2) is 9.38 Å². The molecule has 1 aromatic carbocycles. The lowest BCUT2D eigenvalue weighted by atomic mass is 9.93. The molecular weight excluding hydrogens is 359 g/mol. The van der Waals surface area contributed by atoms with Gasteiger partial charge in [-0.15, -0.1) is 11.3 Å². The Bertz CT molecular complexity index is 835. The molecule has 0 spiro atoms. The molecule has 1 saturated carbocycles. The third kappa shape index (κ3) is 4.29. The van der Waals surface area contributed by atoms with Gasteiger partial charge in [0.25, 0.3) is 5.91 Å². The Hall–Kier alpha value is -2.01. The number of amides is 1. The average Bonchev–Trinajstić information content (AvgIpc) is 3.07. The minimum Gasteiger partial charge on any atom is -0.349 e. The highest BCUT2D eigenvalue weighted by molar-refractivity contribution is 7.16. The molecule has 1 N–H and O–H groups in total. The summed E-state index contributed by atoms with van der Waals surface area (Å²) in [5.41, 5.74) is 2.81. The number of hydrogen-bond acceptors (Lipinski definition) is 3. The van der Waals surface area contributed by atoms with E-state index in [0.29, 0.717) is 6.04 Å². The van der Waals surface area contributed by atoms with E-state index in [4.69, 9.17) is 0 Å². The summed E-state index contributed by atoms with van der Waals surface area (Å²) in [5.74, 6) is -0.223. The number of fused-ring (bicyclic) bond motifs is 1. The molecule has 0 unspecified atom stereocenters. The third-order valence-corrected chi connectivity index (χ3v) is 6.72.